The molecule has 1 heterocycles. The Morgan fingerprint density at radius 3 is 1.26 bits per heavy atom. The van der Waals surface area contributed by atoms with Gasteiger partial charge in [0.05, 0.1) is 0 Å². The lowest BCUT2D eigenvalue weighted by molar-refractivity contribution is 0.627. The molecule has 0 aromatic heterocycles. The number of hydrogen-bond donors (Lipinski definition) is 0. The summed E-state index contributed by atoms with van der Waals surface area (Å²) >= 11 is 0. The Morgan fingerprint density at radius 2 is 0.912 bits per heavy atom. The van der Waals surface area contributed by atoms with Crippen LogP contribution in [0.4, 0.5) is 8.78 Å². The molecule has 0 radical (unpaired) electrons. The third-order valence-electron chi connectivity index (χ3n) is 6.91. The SMILES string of the molecule is CC[Si]1(C)C(c2cccc(F)c2)=C(c2ccccc2)C(c2ccccc2)=C1c1cccc(F)c1. The van der Waals surface area contributed by atoms with Gasteiger partial charge in [0.15, 0.2) is 0 Å². The molecule has 0 saturated carbocycles. The van der Waals surface area contributed by atoms with E-state index in [1.165, 1.54) is 22.5 Å². The highest BCUT2D eigenvalue weighted by Crippen LogP contribution is 2.56. The first kappa shape index (κ1) is 22.2. The van der Waals surface area contributed by atoms with Crippen molar-refractivity contribution in [1.29, 1.82) is 0 Å². The molecular formula is C31H26F2Si. The van der Waals surface area contributed by atoms with Crippen LogP contribution in [0.3, 0.4) is 0 Å². The van der Waals surface area contributed by atoms with Crippen molar-refractivity contribution in [1.82, 2.24) is 0 Å². The van der Waals surface area contributed by atoms with Gasteiger partial charge in [-0.25, -0.2) is 8.78 Å². The lowest BCUT2D eigenvalue weighted by Gasteiger charge is -2.30. The predicted molar refractivity (Wildman–Crippen MR) is 141 cm³/mol. The summed E-state index contributed by atoms with van der Waals surface area (Å²) < 4.78 is 29.1. The molecule has 0 aliphatic carbocycles. The fourth-order valence-electron chi connectivity index (χ4n) is 5.28. The molecule has 1 aliphatic heterocycles. The second-order valence-electron chi connectivity index (χ2n) is 8.94. The maximum absolute atomic E-state index is 14.5. The van der Waals surface area contributed by atoms with Gasteiger partial charge in [-0.3, -0.25) is 0 Å². The number of hydrogen-bond acceptors (Lipinski definition) is 0. The molecule has 1 aliphatic rings. The summed E-state index contributed by atoms with van der Waals surface area (Å²) in [5, 5.41) is 2.41. The predicted octanol–water partition coefficient (Wildman–Crippen LogP) is 8.68. The Morgan fingerprint density at radius 1 is 0.529 bits per heavy atom. The van der Waals surface area contributed by atoms with Crippen molar-refractivity contribution in [2.24, 2.45) is 0 Å². The summed E-state index contributed by atoms with van der Waals surface area (Å²) in [6, 6.07) is 35.5. The lowest BCUT2D eigenvalue weighted by Crippen LogP contribution is -2.32. The number of rotatable bonds is 5. The quantitative estimate of drug-likeness (QED) is 0.259. The summed E-state index contributed by atoms with van der Waals surface area (Å²) in [5.74, 6) is -0.490. The van der Waals surface area contributed by atoms with Gasteiger partial charge in [0, 0.05) is 0 Å². The second-order valence-corrected chi connectivity index (χ2v) is 13.3. The van der Waals surface area contributed by atoms with E-state index in [2.05, 4.69) is 37.7 Å². The van der Waals surface area contributed by atoms with Crippen LogP contribution in [0.1, 0.15) is 29.2 Å². The van der Waals surface area contributed by atoms with E-state index in [1.807, 2.05) is 48.5 Å². The van der Waals surface area contributed by atoms with E-state index in [9.17, 15) is 8.78 Å². The topological polar surface area (TPSA) is 0 Å². The van der Waals surface area contributed by atoms with E-state index in [0.29, 0.717) is 0 Å². The summed E-state index contributed by atoms with van der Waals surface area (Å²) in [4.78, 5) is 0. The average molecular weight is 465 g/mol. The van der Waals surface area contributed by atoms with Gasteiger partial charge < -0.3 is 0 Å². The van der Waals surface area contributed by atoms with E-state index >= 15 is 0 Å². The third-order valence-corrected chi connectivity index (χ3v) is 11.6. The van der Waals surface area contributed by atoms with Gasteiger partial charge in [-0.2, -0.15) is 0 Å². The molecule has 0 saturated heterocycles. The Kier molecular flexibility index (Phi) is 5.89. The zero-order chi connectivity index (χ0) is 23.7. The zero-order valence-corrected chi connectivity index (χ0v) is 20.4. The summed E-state index contributed by atoms with van der Waals surface area (Å²) in [6.45, 7) is 4.55. The molecule has 168 valence electrons. The molecule has 34 heavy (non-hydrogen) atoms. The first-order valence-corrected chi connectivity index (χ1v) is 14.4. The largest absolute Gasteiger partial charge is 0.207 e. The van der Waals surface area contributed by atoms with Crippen LogP contribution >= 0.6 is 0 Å². The molecule has 0 atom stereocenters. The molecule has 0 amide bonds. The van der Waals surface area contributed by atoms with E-state index in [0.717, 1.165) is 39.4 Å². The van der Waals surface area contributed by atoms with Gasteiger partial charge in [0.2, 0.25) is 0 Å². The van der Waals surface area contributed by atoms with Crippen molar-refractivity contribution in [2.45, 2.75) is 19.5 Å². The van der Waals surface area contributed by atoms with E-state index in [1.54, 1.807) is 24.3 Å². The molecule has 0 N–H and O–H groups in total. The smallest absolute Gasteiger partial charge is 0.123 e. The van der Waals surface area contributed by atoms with Crippen molar-refractivity contribution in [3.8, 4) is 0 Å². The molecule has 0 unspecified atom stereocenters. The van der Waals surface area contributed by atoms with Gasteiger partial charge in [-0.15, -0.1) is 0 Å². The Hall–Kier alpha value is -3.56. The van der Waals surface area contributed by atoms with Crippen LogP contribution in [0.25, 0.3) is 21.5 Å². The minimum Gasteiger partial charge on any atom is -0.207 e. The molecule has 0 spiro atoms. The van der Waals surface area contributed by atoms with Crippen LogP contribution in [0.5, 0.6) is 0 Å². The Balaban J connectivity index is 1.95. The number of benzene rings is 4. The highest BCUT2D eigenvalue weighted by Gasteiger charge is 2.45. The monoisotopic (exact) mass is 464 g/mol. The fourth-order valence-corrected chi connectivity index (χ4v) is 9.47. The van der Waals surface area contributed by atoms with E-state index in [-0.39, 0.29) is 11.6 Å². The van der Waals surface area contributed by atoms with Gasteiger partial charge in [0.25, 0.3) is 0 Å². The molecule has 0 bridgehead atoms. The fraction of sp³-hybridized carbons (Fsp3) is 0.0968. The molecule has 3 heteroatoms. The standard InChI is InChI=1S/C31H26F2Si/c1-3-34(2)30(24-16-10-18-26(32)20-24)28(22-12-6-4-7-13-22)29(23-14-8-5-9-15-23)31(34)25-17-11-19-27(33)21-25/h4-21H,3H2,1-2H3. The van der Waals surface area contributed by atoms with Crippen molar-refractivity contribution in [3.63, 3.8) is 0 Å². The highest BCUT2D eigenvalue weighted by molar-refractivity contribution is 7.13. The molecular weight excluding hydrogens is 438 g/mol. The molecule has 4 aromatic rings. The minimum atomic E-state index is -2.41. The molecule has 4 aromatic carbocycles. The summed E-state index contributed by atoms with van der Waals surface area (Å²) in [7, 11) is -2.41. The van der Waals surface area contributed by atoms with E-state index in [4.69, 9.17) is 0 Å². The van der Waals surface area contributed by atoms with Crippen molar-refractivity contribution in [2.75, 3.05) is 0 Å². The summed E-state index contributed by atoms with van der Waals surface area (Å²) in [5.41, 5.74) is 6.28. The van der Waals surface area contributed by atoms with Gasteiger partial charge in [-0.1, -0.05) is 104 Å². The van der Waals surface area contributed by atoms with E-state index < -0.39 is 8.07 Å². The van der Waals surface area contributed by atoms with Gasteiger partial charge >= 0.3 is 0 Å². The maximum Gasteiger partial charge on any atom is 0.123 e. The lowest BCUT2D eigenvalue weighted by atomic mass is 9.89. The van der Waals surface area contributed by atoms with Crippen molar-refractivity contribution >= 4 is 29.6 Å². The van der Waals surface area contributed by atoms with Crippen LogP contribution in [0.2, 0.25) is 12.6 Å². The van der Waals surface area contributed by atoms with Crippen molar-refractivity contribution in [3.05, 3.63) is 143 Å². The van der Waals surface area contributed by atoms with Gasteiger partial charge in [-0.05, 0) is 68.1 Å². The van der Waals surface area contributed by atoms with Crippen LogP contribution in [0, 0.1) is 11.6 Å². The normalized spacial score (nSPS) is 15.2. The van der Waals surface area contributed by atoms with Gasteiger partial charge in [0.1, 0.15) is 19.7 Å². The third kappa shape index (κ3) is 3.76. The maximum atomic E-state index is 14.5. The van der Waals surface area contributed by atoms with Crippen LogP contribution in [-0.2, 0) is 0 Å². The van der Waals surface area contributed by atoms with Crippen LogP contribution < -0.4 is 0 Å². The van der Waals surface area contributed by atoms with Crippen LogP contribution in [0.15, 0.2) is 109 Å². The Bertz CT molecular complexity index is 1300. The molecule has 0 fully saturated rings. The zero-order valence-electron chi connectivity index (χ0n) is 19.4. The molecule has 0 nitrogen and oxygen atoms in total. The summed E-state index contributed by atoms with van der Waals surface area (Å²) in [6.07, 6.45) is 0. The van der Waals surface area contributed by atoms with Crippen LogP contribution in [-0.4, -0.2) is 8.07 Å². The molecule has 5 rings (SSSR count). The second kappa shape index (κ2) is 9.00. The number of allylic oxidation sites excluding steroid dienone is 2. The number of halogens is 2. The average Bonchev–Trinajstić information content (AvgIpc) is 3.15. The first-order chi connectivity index (χ1) is 16.5. The Labute approximate surface area is 200 Å². The van der Waals surface area contributed by atoms with Crippen molar-refractivity contribution < 1.29 is 8.78 Å². The minimum absolute atomic E-state index is 0.245. The first-order valence-electron chi connectivity index (χ1n) is 11.7. The highest BCUT2D eigenvalue weighted by atomic mass is 28.3.